The van der Waals surface area contributed by atoms with Crippen molar-refractivity contribution in [2.45, 2.75) is 43.9 Å². The molecule has 0 saturated carbocycles. The molecule has 9 heteroatoms. The van der Waals surface area contributed by atoms with Crippen LogP contribution in [-0.2, 0) is 27.9 Å². The zero-order chi connectivity index (χ0) is 26.0. The number of carbonyl (C=O) groups is 1. The van der Waals surface area contributed by atoms with E-state index in [0.717, 1.165) is 30.8 Å². The van der Waals surface area contributed by atoms with Crippen LogP contribution in [-0.4, -0.2) is 45.0 Å². The molecule has 3 aromatic rings. The van der Waals surface area contributed by atoms with Gasteiger partial charge in [-0.2, -0.15) is 0 Å². The van der Waals surface area contributed by atoms with Crippen molar-refractivity contribution in [3.63, 3.8) is 0 Å². The van der Waals surface area contributed by atoms with Gasteiger partial charge in [0.15, 0.2) is 6.10 Å². The summed E-state index contributed by atoms with van der Waals surface area (Å²) in [7, 11) is -3.95. The first-order chi connectivity index (χ1) is 17.8. The Labute approximate surface area is 223 Å². The number of rotatable bonds is 7. The summed E-state index contributed by atoms with van der Waals surface area (Å²) in [5, 5.41) is 3.34. The van der Waals surface area contributed by atoms with Crippen LogP contribution < -0.4 is 14.4 Å². The summed E-state index contributed by atoms with van der Waals surface area (Å²) in [6.07, 6.45) is 1.42. The van der Waals surface area contributed by atoms with Crippen LogP contribution in [0.5, 0.6) is 5.75 Å². The topological polar surface area (TPSA) is 79.0 Å². The maximum Gasteiger partial charge on any atom is 0.264 e. The fraction of sp³-hybridized carbons (Fsp3) is 0.321. The summed E-state index contributed by atoms with van der Waals surface area (Å²) in [4.78, 5) is 15.8. The molecule has 194 valence electrons. The number of anilines is 1. The number of nitrogens with zero attached hydrogens (tertiary/aromatic N) is 2. The quantitative estimate of drug-likeness (QED) is 0.478. The van der Waals surface area contributed by atoms with Gasteiger partial charge in [0, 0.05) is 18.1 Å². The number of fused-ring (bicyclic) bond motifs is 1. The third-order valence-corrected chi connectivity index (χ3v) is 8.89. The molecule has 37 heavy (non-hydrogen) atoms. The highest BCUT2D eigenvalue weighted by Gasteiger charge is 2.37. The van der Waals surface area contributed by atoms with Gasteiger partial charge in [0.2, 0.25) is 0 Å². The van der Waals surface area contributed by atoms with Crippen LogP contribution in [0.3, 0.4) is 0 Å². The number of halogens is 1. The molecular weight excluding hydrogens is 510 g/mol. The summed E-state index contributed by atoms with van der Waals surface area (Å²) in [5.74, 6) is -0.0819. The van der Waals surface area contributed by atoms with Crippen molar-refractivity contribution in [1.82, 2.24) is 10.2 Å². The predicted octanol–water partition coefficient (Wildman–Crippen LogP) is 4.52. The zero-order valence-electron chi connectivity index (χ0n) is 20.7. The van der Waals surface area contributed by atoms with Crippen LogP contribution in [0.4, 0.5) is 5.69 Å². The Bertz CT molecular complexity index is 1390. The predicted molar refractivity (Wildman–Crippen MR) is 144 cm³/mol. The van der Waals surface area contributed by atoms with E-state index in [9.17, 15) is 13.2 Å². The fourth-order valence-corrected chi connectivity index (χ4v) is 6.42. The first kappa shape index (κ1) is 25.6. The molecule has 0 radical (unpaired) electrons. The molecule has 0 aliphatic carbocycles. The third-order valence-electron chi connectivity index (χ3n) is 6.86. The summed E-state index contributed by atoms with van der Waals surface area (Å²) < 4.78 is 34.4. The smallest absolute Gasteiger partial charge is 0.264 e. The van der Waals surface area contributed by atoms with Gasteiger partial charge in [-0.3, -0.25) is 14.0 Å². The molecule has 1 atom stereocenters. The molecule has 1 fully saturated rings. The molecule has 0 spiro atoms. The first-order valence-corrected chi connectivity index (χ1v) is 14.3. The van der Waals surface area contributed by atoms with Crippen LogP contribution in [0.1, 0.15) is 29.5 Å². The maximum atomic E-state index is 13.6. The van der Waals surface area contributed by atoms with E-state index in [4.69, 9.17) is 16.3 Å². The molecule has 1 saturated heterocycles. The lowest BCUT2D eigenvalue weighted by Gasteiger charge is -2.35. The van der Waals surface area contributed by atoms with Crippen molar-refractivity contribution in [2.75, 3.05) is 23.9 Å². The van der Waals surface area contributed by atoms with Gasteiger partial charge < -0.3 is 10.1 Å². The van der Waals surface area contributed by atoms with E-state index >= 15 is 0 Å². The zero-order valence-corrected chi connectivity index (χ0v) is 22.3. The SMILES string of the molecule is Cc1ccc(S(=O)(=O)N2C[C@H](C(=O)NCc3ccccc3CN3CCCC3)Oc3ccc(Cl)cc32)cc1. The monoisotopic (exact) mass is 539 g/mol. The lowest BCUT2D eigenvalue weighted by Crippen LogP contribution is -2.50. The molecule has 0 aromatic heterocycles. The Morgan fingerprint density at radius 1 is 1.03 bits per heavy atom. The number of nitrogens with one attached hydrogen (secondary N) is 1. The fourth-order valence-electron chi connectivity index (χ4n) is 4.79. The molecule has 0 bridgehead atoms. The van der Waals surface area contributed by atoms with Crippen molar-refractivity contribution >= 4 is 33.2 Å². The first-order valence-electron chi connectivity index (χ1n) is 12.4. The van der Waals surface area contributed by atoms with Gasteiger partial charge in [-0.15, -0.1) is 0 Å². The van der Waals surface area contributed by atoms with Crippen LogP contribution in [0.15, 0.2) is 71.6 Å². The van der Waals surface area contributed by atoms with Crippen molar-refractivity contribution < 1.29 is 17.9 Å². The minimum atomic E-state index is -3.95. The van der Waals surface area contributed by atoms with Gasteiger partial charge in [0.1, 0.15) is 5.75 Å². The second kappa shape index (κ2) is 10.7. The Balaban J connectivity index is 1.36. The number of carbonyl (C=O) groups excluding carboxylic acids is 1. The summed E-state index contributed by atoms with van der Waals surface area (Å²) in [5.41, 5.74) is 3.48. The van der Waals surface area contributed by atoms with E-state index in [0.29, 0.717) is 23.0 Å². The second-order valence-corrected chi connectivity index (χ2v) is 11.8. The molecule has 3 aromatic carbocycles. The Kier molecular flexibility index (Phi) is 7.42. The number of likely N-dealkylation sites (tertiary alicyclic amines) is 1. The normalized spacial score (nSPS) is 17.8. The van der Waals surface area contributed by atoms with Gasteiger partial charge in [0.25, 0.3) is 15.9 Å². The Morgan fingerprint density at radius 3 is 2.46 bits per heavy atom. The number of hydrogen-bond donors (Lipinski definition) is 1. The number of amides is 1. The second-order valence-electron chi connectivity index (χ2n) is 9.54. The minimum Gasteiger partial charge on any atom is -0.476 e. The van der Waals surface area contributed by atoms with Crippen LogP contribution in [0.2, 0.25) is 5.02 Å². The Morgan fingerprint density at radius 2 is 1.73 bits per heavy atom. The van der Waals surface area contributed by atoms with Crippen molar-refractivity contribution in [2.24, 2.45) is 0 Å². The molecule has 1 N–H and O–H groups in total. The highest BCUT2D eigenvalue weighted by atomic mass is 35.5. The number of aryl methyl sites for hydroxylation is 1. The van der Waals surface area contributed by atoms with Crippen molar-refractivity contribution in [1.29, 1.82) is 0 Å². The molecular formula is C28H30ClN3O4S. The van der Waals surface area contributed by atoms with E-state index in [2.05, 4.69) is 16.3 Å². The number of ether oxygens (including phenoxy) is 1. The average Bonchev–Trinajstić information content (AvgIpc) is 3.40. The van der Waals surface area contributed by atoms with Crippen LogP contribution >= 0.6 is 11.6 Å². The Hall–Kier alpha value is -3.07. The molecule has 5 rings (SSSR count). The molecule has 2 aliphatic heterocycles. The molecule has 0 unspecified atom stereocenters. The van der Waals surface area contributed by atoms with E-state index in [-0.39, 0.29) is 17.3 Å². The number of sulfonamides is 1. The minimum absolute atomic E-state index is 0.140. The molecule has 7 nitrogen and oxygen atoms in total. The molecule has 2 aliphatic rings. The lowest BCUT2D eigenvalue weighted by atomic mass is 10.1. The van der Waals surface area contributed by atoms with Crippen LogP contribution in [0, 0.1) is 6.92 Å². The number of benzene rings is 3. The van der Waals surface area contributed by atoms with Gasteiger partial charge >= 0.3 is 0 Å². The summed E-state index contributed by atoms with van der Waals surface area (Å²) >= 11 is 6.19. The van der Waals surface area contributed by atoms with E-state index in [1.807, 2.05) is 25.1 Å². The van der Waals surface area contributed by atoms with Gasteiger partial charge in [-0.25, -0.2) is 8.42 Å². The standard InChI is InChI=1S/C28H30ClN3O4S/c1-20-8-11-24(12-9-20)37(34,35)32-19-27(36-26-13-10-23(29)16-25(26)32)28(33)30-17-21-6-2-3-7-22(21)18-31-14-4-5-15-31/h2-3,6-13,16,27H,4-5,14-15,17-19H2,1H3,(H,30,33)/t27-/m1/s1. The molecule has 1 amide bonds. The highest BCUT2D eigenvalue weighted by Crippen LogP contribution is 2.39. The van der Waals surface area contributed by atoms with E-state index in [1.165, 1.54) is 22.7 Å². The van der Waals surface area contributed by atoms with E-state index in [1.54, 1.807) is 42.5 Å². The largest absolute Gasteiger partial charge is 0.476 e. The van der Waals surface area contributed by atoms with Crippen molar-refractivity contribution in [3.05, 3.63) is 88.4 Å². The summed E-state index contributed by atoms with van der Waals surface area (Å²) in [6, 6.07) is 19.5. The van der Waals surface area contributed by atoms with E-state index < -0.39 is 16.1 Å². The molecule has 2 heterocycles. The lowest BCUT2D eigenvalue weighted by molar-refractivity contribution is -0.127. The van der Waals surface area contributed by atoms with Crippen molar-refractivity contribution in [3.8, 4) is 5.75 Å². The highest BCUT2D eigenvalue weighted by molar-refractivity contribution is 7.92. The third kappa shape index (κ3) is 5.61. The summed E-state index contributed by atoms with van der Waals surface area (Å²) in [6.45, 7) is 5.09. The maximum absolute atomic E-state index is 13.6. The van der Waals surface area contributed by atoms with Gasteiger partial charge in [0.05, 0.1) is 17.1 Å². The average molecular weight is 540 g/mol. The van der Waals surface area contributed by atoms with Gasteiger partial charge in [-0.1, -0.05) is 53.6 Å². The van der Waals surface area contributed by atoms with Crippen LogP contribution in [0.25, 0.3) is 0 Å². The number of hydrogen-bond acceptors (Lipinski definition) is 5. The van der Waals surface area contributed by atoms with Gasteiger partial charge in [-0.05, 0) is 74.3 Å².